The predicted molar refractivity (Wildman–Crippen MR) is 87.0 cm³/mol. The van der Waals surface area contributed by atoms with E-state index in [1.54, 1.807) is 0 Å². The van der Waals surface area contributed by atoms with Gasteiger partial charge in [0.1, 0.15) is 5.75 Å². The Morgan fingerprint density at radius 1 is 1.04 bits per heavy atom. The molecule has 0 aromatic heterocycles. The van der Waals surface area contributed by atoms with Crippen LogP contribution >= 0.6 is 0 Å². The largest absolute Gasteiger partial charge is 0.478 e. The Morgan fingerprint density at radius 2 is 1.74 bits per heavy atom. The number of aromatic carboxylic acids is 1. The van der Waals surface area contributed by atoms with Gasteiger partial charge in [-0.05, 0) is 61.4 Å². The zero-order valence-electron chi connectivity index (χ0n) is 12.9. The van der Waals surface area contributed by atoms with Crippen molar-refractivity contribution in [3.05, 3.63) is 59.2 Å². The Kier molecular flexibility index (Phi) is 5.19. The minimum atomic E-state index is -1.01. The van der Waals surface area contributed by atoms with Gasteiger partial charge in [0.15, 0.2) is 6.73 Å². The predicted octanol–water partition coefficient (Wildman–Crippen LogP) is 3.16. The van der Waals surface area contributed by atoms with Crippen LogP contribution in [0, 0.1) is 13.8 Å². The number of carboxylic acids is 1. The van der Waals surface area contributed by atoms with E-state index in [1.165, 1.54) is 29.8 Å². The molecule has 0 radical (unpaired) electrons. The van der Waals surface area contributed by atoms with Crippen molar-refractivity contribution in [3.8, 4) is 5.75 Å². The Morgan fingerprint density at radius 3 is 2.35 bits per heavy atom. The summed E-state index contributed by atoms with van der Waals surface area (Å²) < 4.78 is 5.45. The molecule has 0 atom stereocenters. The molecule has 0 aliphatic rings. The number of hydrogen-bond donors (Lipinski definition) is 3. The SMILES string of the molecule is Cc1ccc(OCNC(=O)Nc2ccc(C(=O)O)cc2)cc1C. The van der Waals surface area contributed by atoms with Gasteiger partial charge < -0.3 is 20.5 Å². The van der Waals surface area contributed by atoms with E-state index in [0.717, 1.165) is 5.56 Å². The first-order valence-electron chi connectivity index (χ1n) is 7.04. The third-order valence-corrected chi connectivity index (χ3v) is 3.34. The molecule has 23 heavy (non-hydrogen) atoms. The van der Waals surface area contributed by atoms with Crippen LogP contribution in [-0.2, 0) is 0 Å². The lowest BCUT2D eigenvalue weighted by Crippen LogP contribution is -2.32. The number of ether oxygens (including phenoxy) is 1. The van der Waals surface area contributed by atoms with E-state index in [2.05, 4.69) is 10.6 Å². The number of nitrogens with one attached hydrogen (secondary N) is 2. The number of hydrogen-bond acceptors (Lipinski definition) is 3. The highest BCUT2D eigenvalue weighted by molar-refractivity contribution is 5.91. The first-order chi connectivity index (χ1) is 11.0. The number of carboxylic acid groups (broad SMARTS) is 1. The van der Waals surface area contributed by atoms with Crippen molar-refractivity contribution < 1.29 is 19.4 Å². The van der Waals surface area contributed by atoms with Gasteiger partial charge in [0, 0.05) is 5.69 Å². The first-order valence-corrected chi connectivity index (χ1v) is 7.04. The number of urea groups is 1. The summed E-state index contributed by atoms with van der Waals surface area (Å²) in [5, 5.41) is 14.0. The van der Waals surface area contributed by atoms with Gasteiger partial charge in [-0.25, -0.2) is 9.59 Å². The van der Waals surface area contributed by atoms with E-state index < -0.39 is 12.0 Å². The Labute approximate surface area is 134 Å². The highest BCUT2D eigenvalue weighted by Crippen LogP contribution is 2.16. The molecule has 0 fully saturated rings. The summed E-state index contributed by atoms with van der Waals surface area (Å²) in [6.45, 7) is 4.03. The normalized spacial score (nSPS) is 10.0. The average molecular weight is 314 g/mol. The Balaban J connectivity index is 1.80. The molecule has 2 amide bonds. The number of rotatable bonds is 5. The smallest absolute Gasteiger partial charge is 0.335 e. The van der Waals surface area contributed by atoms with Gasteiger partial charge in [0.25, 0.3) is 0 Å². The molecule has 0 saturated heterocycles. The second-order valence-corrected chi connectivity index (χ2v) is 5.05. The zero-order chi connectivity index (χ0) is 16.8. The quantitative estimate of drug-likeness (QED) is 0.740. The summed E-state index contributed by atoms with van der Waals surface area (Å²) in [6, 6.07) is 11.1. The molecule has 3 N–H and O–H groups in total. The third-order valence-electron chi connectivity index (χ3n) is 3.34. The van der Waals surface area contributed by atoms with Gasteiger partial charge in [0.2, 0.25) is 0 Å². The molecule has 0 aliphatic heterocycles. The molecule has 120 valence electrons. The maximum absolute atomic E-state index is 11.7. The molecule has 0 aliphatic carbocycles. The van der Waals surface area contributed by atoms with E-state index in [1.807, 2.05) is 32.0 Å². The first kappa shape index (κ1) is 16.4. The minimum absolute atomic E-state index is 0.0293. The molecule has 0 unspecified atom stereocenters. The van der Waals surface area contributed by atoms with E-state index in [4.69, 9.17) is 9.84 Å². The maximum atomic E-state index is 11.7. The van der Waals surface area contributed by atoms with Gasteiger partial charge in [-0.2, -0.15) is 0 Å². The highest BCUT2D eigenvalue weighted by atomic mass is 16.5. The van der Waals surface area contributed by atoms with Crippen LogP contribution in [0.1, 0.15) is 21.5 Å². The van der Waals surface area contributed by atoms with Crippen LogP contribution in [-0.4, -0.2) is 23.8 Å². The van der Waals surface area contributed by atoms with Gasteiger partial charge in [-0.15, -0.1) is 0 Å². The lowest BCUT2D eigenvalue weighted by atomic mass is 10.1. The standard InChI is InChI=1S/C17H18N2O4/c1-11-3-8-15(9-12(11)2)23-10-18-17(22)19-14-6-4-13(5-7-14)16(20)21/h3-9H,10H2,1-2H3,(H,20,21)(H2,18,19,22). The molecule has 2 aromatic rings. The fraction of sp³-hybridized carbons (Fsp3) is 0.176. The summed E-state index contributed by atoms with van der Waals surface area (Å²) >= 11 is 0. The molecule has 2 rings (SSSR count). The molecule has 6 heteroatoms. The fourth-order valence-corrected chi connectivity index (χ4v) is 1.86. The molecule has 6 nitrogen and oxygen atoms in total. The Hall–Kier alpha value is -3.02. The monoisotopic (exact) mass is 314 g/mol. The number of benzene rings is 2. The van der Waals surface area contributed by atoms with Crippen LogP contribution < -0.4 is 15.4 Å². The number of amides is 2. The van der Waals surface area contributed by atoms with Crippen molar-refractivity contribution >= 4 is 17.7 Å². The number of carbonyl (C=O) groups excluding carboxylic acids is 1. The third kappa shape index (κ3) is 4.74. The maximum Gasteiger partial charge on any atom is 0.335 e. The van der Waals surface area contributed by atoms with Gasteiger partial charge in [0.05, 0.1) is 5.56 Å². The molecule has 0 heterocycles. The van der Waals surface area contributed by atoms with Crippen LogP contribution in [0.4, 0.5) is 10.5 Å². The highest BCUT2D eigenvalue weighted by Gasteiger charge is 2.05. The van der Waals surface area contributed by atoms with Crippen molar-refractivity contribution in [2.45, 2.75) is 13.8 Å². The van der Waals surface area contributed by atoms with Crippen LogP contribution in [0.15, 0.2) is 42.5 Å². The van der Waals surface area contributed by atoms with Crippen LogP contribution in [0.3, 0.4) is 0 Å². The number of aryl methyl sites for hydroxylation is 2. The summed E-state index contributed by atoms with van der Waals surface area (Å²) in [5.41, 5.74) is 2.95. The van der Waals surface area contributed by atoms with Crippen molar-refractivity contribution in [1.82, 2.24) is 5.32 Å². The molecule has 0 saturated carbocycles. The topological polar surface area (TPSA) is 87.7 Å². The summed E-state index contributed by atoms with van der Waals surface area (Å²) in [5.74, 6) is -0.331. The lowest BCUT2D eigenvalue weighted by molar-refractivity contribution is 0.0697. The minimum Gasteiger partial charge on any atom is -0.478 e. The number of anilines is 1. The average Bonchev–Trinajstić information content (AvgIpc) is 2.51. The zero-order valence-corrected chi connectivity index (χ0v) is 12.9. The van der Waals surface area contributed by atoms with Crippen LogP contribution in [0.2, 0.25) is 0 Å². The second-order valence-electron chi connectivity index (χ2n) is 5.05. The van der Waals surface area contributed by atoms with Gasteiger partial charge in [-0.3, -0.25) is 0 Å². The van der Waals surface area contributed by atoms with E-state index >= 15 is 0 Å². The Bertz CT molecular complexity index is 711. The molecule has 0 bridgehead atoms. The van der Waals surface area contributed by atoms with E-state index in [9.17, 15) is 9.59 Å². The molecule has 0 spiro atoms. The summed E-state index contributed by atoms with van der Waals surface area (Å²) in [7, 11) is 0. The van der Waals surface area contributed by atoms with E-state index in [0.29, 0.717) is 11.4 Å². The van der Waals surface area contributed by atoms with Gasteiger partial charge >= 0.3 is 12.0 Å². The fourth-order valence-electron chi connectivity index (χ4n) is 1.86. The van der Waals surface area contributed by atoms with Crippen LogP contribution in [0.5, 0.6) is 5.75 Å². The second kappa shape index (κ2) is 7.31. The van der Waals surface area contributed by atoms with Crippen molar-refractivity contribution in [3.63, 3.8) is 0 Å². The number of carbonyl (C=O) groups is 2. The van der Waals surface area contributed by atoms with Crippen molar-refractivity contribution in [2.24, 2.45) is 0 Å². The summed E-state index contributed by atoms with van der Waals surface area (Å²) in [6.07, 6.45) is 0. The molecular formula is C17H18N2O4. The molecule has 2 aromatic carbocycles. The molecular weight excluding hydrogens is 296 g/mol. The summed E-state index contributed by atoms with van der Waals surface area (Å²) in [4.78, 5) is 22.5. The van der Waals surface area contributed by atoms with Crippen molar-refractivity contribution in [2.75, 3.05) is 12.0 Å². The van der Waals surface area contributed by atoms with Crippen LogP contribution in [0.25, 0.3) is 0 Å². The van der Waals surface area contributed by atoms with E-state index in [-0.39, 0.29) is 12.3 Å². The lowest BCUT2D eigenvalue weighted by Gasteiger charge is -2.10. The van der Waals surface area contributed by atoms with Gasteiger partial charge in [-0.1, -0.05) is 6.07 Å². The van der Waals surface area contributed by atoms with Crippen molar-refractivity contribution in [1.29, 1.82) is 0 Å².